The summed E-state index contributed by atoms with van der Waals surface area (Å²) < 4.78 is 1.92. The lowest BCUT2D eigenvalue weighted by atomic mass is 9.99. The highest BCUT2D eigenvalue weighted by Gasteiger charge is 2.26. The zero-order valence-electron chi connectivity index (χ0n) is 14.8. The van der Waals surface area contributed by atoms with Crippen LogP contribution in [0.3, 0.4) is 0 Å². The van der Waals surface area contributed by atoms with Crippen LogP contribution in [0.5, 0.6) is 0 Å². The molecule has 126 valence electrons. The number of rotatable bonds is 4. The molecule has 2 N–H and O–H groups in total. The van der Waals surface area contributed by atoms with Crippen molar-refractivity contribution < 1.29 is 9.90 Å². The quantitative estimate of drug-likeness (QED) is 0.908. The lowest BCUT2D eigenvalue weighted by Crippen LogP contribution is -2.32. The molecule has 0 radical (unpaired) electrons. The highest BCUT2D eigenvalue weighted by Crippen LogP contribution is 2.27. The second-order valence-electron chi connectivity index (χ2n) is 7.31. The van der Waals surface area contributed by atoms with Gasteiger partial charge in [-0.1, -0.05) is 6.92 Å². The van der Waals surface area contributed by atoms with Crippen molar-refractivity contribution in [3.8, 4) is 0 Å². The SMILES string of the molecule is CCC(C)(O)CC(=O)Nc1nc2ccc(C)nc2n1C(C)(C)C. The second-order valence-corrected chi connectivity index (χ2v) is 7.31. The van der Waals surface area contributed by atoms with E-state index in [1.807, 2.05) is 51.3 Å². The molecule has 6 nitrogen and oxygen atoms in total. The Hall–Kier alpha value is -1.95. The van der Waals surface area contributed by atoms with E-state index in [9.17, 15) is 9.90 Å². The van der Waals surface area contributed by atoms with E-state index in [0.717, 1.165) is 16.9 Å². The maximum atomic E-state index is 12.3. The number of fused-ring (bicyclic) bond motifs is 1. The number of carbonyl (C=O) groups excluding carboxylic acids is 1. The predicted molar refractivity (Wildman–Crippen MR) is 91.4 cm³/mol. The predicted octanol–water partition coefficient (Wildman–Crippen LogP) is 2.98. The molecule has 0 bridgehead atoms. The summed E-state index contributed by atoms with van der Waals surface area (Å²) in [5.41, 5.74) is 1.08. The molecule has 0 aliphatic heterocycles. The van der Waals surface area contributed by atoms with Gasteiger partial charge < -0.3 is 5.11 Å². The number of aliphatic hydroxyl groups is 1. The van der Waals surface area contributed by atoms with Crippen molar-refractivity contribution in [3.63, 3.8) is 0 Å². The lowest BCUT2D eigenvalue weighted by molar-refractivity contribution is -0.120. The van der Waals surface area contributed by atoms with Crippen LogP contribution in [0.2, 0.25) is 0 Å². The number of amides is 1. The van der Waals surface area contributed by atoms with Crippen molar-refractivity contribution in [2.75, 3.05) is 5.32 Å². The van der Waals surface area contributed by atoms with Gasteiger partial charge in [-0.2, -0.15) is 0 Å². The number of hydrogen-bond acceptors (Lipinski definition) is 4. The van der Waals surface area contributed by atoms with Crippen LogP contribution in [0.1, 0.15) is 53.2 Å². The summed E-state index contributed by atoms with van der Waals surface area (Å²) in [4.78, 5) is 21.3. The number of nitrogens with one attached hydrogen (secondary N) is 1. The van der Waals surface area contributed by atoms with E-state index in [0.29, 0.717) is 12.4 Å². The molecule has 2 aromatic heterocycles. The van der Waals surface area contributed by atoms with Gasteiger partial charge in [0.25, 0.3) is 0 Å². The van der Waals surface area contributed by atoms with E-state index in [1.54, 1.807) is 6.92 Å². The first-order chi connectivity index (χ1) is 10.5. The first kappa shape index (κ1) is 17.4. The van der Waals surface area contributed by atoms with E-state index < -0.39 is 5.60 Å². The molecule has 2 aromatic rings. The third-order valence-electron chi connectivity index (χ3n) is 3.87. The molecule has 1 amide bonds. The summed E-state index contributed by atoms with van der Waals surface area (Å²) >= 11 is 0. The van der Waals surface area contributed by atoms with E-state index in [-0.39, 0.29) is 17.9 Å². The van der Waals surface area contributed by atoms with Gasteiger partial charge in [0, 0.05) is 11.2 Å². The van der Waals surface area contributed by atoms with Crippen LogP contribution < -0.4 is 5.32 Å². The lowest BCUT2D eigenvalue weighted by Gasteiger charge is -2.25. The first-order valence-electron chi connectivity index (χ1n) is 7.92. The molecule has 2 rings (SSSR count). The molecular formula is C17H26N4O2. The number of imidazole rings is 1. The van der Waals surface area contributed by atoms with Gasteiger partial charge in [-0.05, 0) is 53.2 Å². The monoisotopic (exact) mass is 318 g/mol. The molecule has 2 heterocycles. The molecule has 0 saturated heterocycles. The number of pyridine rings is 1. The maximum Gasteiger partial charge on any atom is 0.229 e. The fraction of sp³-hybridized carbons (Fsp3) is 0.588. The Balaban J connectivity index is 2.42. The average Bonchev–Trinajstić information content (AvgIpc) is 2.74. The highest BCUT2D eigenvalue weighted by atomic mass is 16.3. The summed E-state index contributed by atoms with van der Waals surface area (Å²) in [6.07, 6.45) is 0.542. The van der Waals surface area contributed by atoms with Crippen LogP contribution in [0.4, 0.5) is 5.95 Å². The standard InChI is InChI=1S/C17H26N4O2/c1-7-17(6,23)10-13(22)20-15-19-12-9-8-11(2)18-14(12)21(15)16(3,4)5/h8-9,23H,7,10H2,1-6H3,(H,19,20,22). The van der Waals surface area contributed by atoms with Crippen molar-refractivity contribution in [2.24, 2.45) is 0 Å². The number of anilines is 1. The molecule has 23 heavy (non-hydrogen) atoms. The molecule has 6 heteroatoms. The summed E-state index contributed by atoms with van der Waals surface area (Å²) in [5.74, 6) is 0.205. The summed E-state index contributed by atoms with van der Waals surface area (Å²) in [7, 11) is 0. The summed E-state index contributed by atoms with van der Waals surface area (Å²) in [6.45, 7) is 11.5. The van der Waals surface area contributed by atoms with Crippen LogP contribution in [0.25, 0.3) is 11.2 Å². The Labute approximate surface area is 136 Å². The Morgan fingerprint density at radius 2 is 1.91 bits per heavy atom. The van der Waals surface area contributed by atoms with Crippen LogP contribution in [-0.4, -0.2) is 31.1 Å². The third-order valence-corrected chi connectivity index (χ3v) is 3.87. The van der Waals surface area contributed by atoms with Crippen molar-refractivity contribution >= 4 is 23.0 Å². The Kier molecular flexibility index (Phi) is 4.48. The first-order valence-corrected chi connectivity index (χ1v) is 7.92. The van der Waals surface area contributed by atoms with E-state index >= 15 is 0 Å². The van der Waals surface area contributed by atoms with E-state index in [1.165, 1.54) is 0 Å². The van der Waals surface area contributed by atoms with E-state index in [4.69, 9.17) is 0 Å². The largest absolute Gasteiger partial charge is 0.390 e. The number of carbonyl (C=O) groups is 1. The molecular weight excluding hydrogens is 292 g/mol. The molecule has 0 aliphatic rings. The third kappa shape index (κ3) is 3.88. The minimum atomic E-state index is -1.02. The Bertz CT molecular complexity index is 726. The number of aromatic nitrogens is 3. The molecule has 0 saturated carbocycles. The van der Waals surface area contributed by atoms with Gasteiger partial charge in [-0.15, -0.1) is 0 Å². The molecule has 0 fully saturated rings. The van der Waals surface area contributed by atoms with Crippen LogP contribution in [0.15, 0.2) is 12.1 Å². The Morgan fingerprint density at radius 1 is 1.26 bits per heavy atom. The second kappa shape index (κ2) is 5.92. The minimum absolute atomic E-state index is 0.0311. The van der Waals surface area contributed by atoms with Gasteiger partial charge in [0.15, 0.2) is 5.65 Å². The molecule has 0 aromatic carbocycles. The van der Waals surface area contributed by atoms with Gasteiger partial charge >= 0.3 is 0 Å². The number of nitrogens with zero attached hydrogens (tertiary/aromatic N) is 3. The molecule has 0 spiro atoms. The normalized spacial score (nSPS) is 14.7. The van der Waals surface area contributed by atoms with Crippen molar-refractivity contribution in [1.29, 1.82) is 0 Å². The van der Waals surface area contributed by atoms with Crippen molar-refractivity contribution in [1.82, 2.24) is 14.5 Å². The van der Waals surface area contributed by atoms with Crippen LogP contribution >= 0.6 is 0 Å². The summed E-state index contributed by atoms with van der Waals surface area (Å²) in [6, 6.07) is 3.80. The zero-order chi connectivity index (χ0) is 17.4. The average molecular weight is 318 g/mol. The van der Waals surface area contributed by atoms with Crippen LogP contribution in [-0.2, 0) is 10.3 Å². The van der Waals surface area contributed by atoms with E-state index in [2.05, 4.69) is 15.3 Å². The molecule has 1 unspecified atom stereocenters. The molecule has 1 atom stereocenters. The van der Waals surface area contributed by atoms with Gasteiger partial charge in [0.2, 0.25) is 11.9 Å². The topological polar surface area (TPSA) is 80.0 Å². The fourth-order valence-electron chi connectivity index (χ4n) is 2.41. The van der Waals surface area contributed by atoms with Gasteiger partial charge in [-0.25, -0.2) is 9.97 Å². The fourth-order valence-corrected chi connectivity index (χ4v) is 2.41. The van der Waals surface area contributed by atoms with Gasteiger partial charge in [0.05, 0.1) is 12.0 Å². The maximum absolute atomic E-state index is 12.3. The minimum Gasteiger partial charge on any atom is -0.390 e. The highest BCUT2D eigenvalue weighted by molar-refractivity contribution is 5.91. The Morgan fingerprint density at radius 3 is 2.48 bits per heavy atom. The smallest absolute Gasteiger partial charge is 0.229 e. The number of hydrogen-bond donors (Lipinski definition) is 2. The molecule has 0 aliphatic carbocycles. The summed E-state index contributed by atoms with van der Waals surface area (Å²) in [5, 5.41) is 12.9. The van der Waals surface area contributed by atoms with Gasteiger partial charge in [0.1, 0.15) is 5.52 Å². The van der Waals surface area contributed by atoms with Crippen molar-refractivity contribution in [2.45, 2.75) is 65.5 Å². The van der Waals surface area contributed by atoms with Gasteiger partial charge in [-0.3, -0.25) is 14.7 Å². The van der Waals surface area contributed by atoms with Crippen molar-refractivity contribution in [3.05, 3.63) is 17.8 Å². The zero-order valence-corrected chi connectivity index (χ0v) is 14.8. The van der Waals surface area contributed by atoms with Crippen LogP contribution in [0, 0.1) is 6.92 Å². The number of aryl methyl sites for hydroxylation is 1.